The van der Waals surface area contributed by atoms with Gasteiger partial charge in [-0.1, -0.05) is 34.6 Å². The maximum Gasteiger partial charge on any atom is 2.00 e. The average Bonchev–Trinajstić information content (AvgIpc) is 3.31. The summed E-state index contributed by atoms with van der Waals surface area (Å²) in [6.45, 7) is 1.48. The molecular weight excluding hydrogens is 422 g/mol. The first-order chi connectivity index (χ1) is 13.0. The van der Waals surface area contributed by atoms with Crippen molar-refractivity contribution in [2.24, 2.45) is 0 Å². The molecule has 0 saturated heterocycles. The molecule has 10 heteroatoms. The smallest absolute Gasteiger partial charge is 1.00 e. The molecule has 8 nitrogen and oxygen atoms in total. The van der Waals surface area contributed by atoms with E-state index in [9.17, 15) is 9.59 Å². The fourth-order valence-electron chi connectivity index (χ4n) is 2.41. The van der Waals surface area contributed by atoms with E-state index in [-0.39, 0.29) is 60.3 Å². The third-order valence-electron chi connectivity index (χ3n) is 3.85. The summed E-state index contributed by atoms with van der Waals surface area (Å²) < 4.78 is 9.95. The fraction of sp³-hybridized carbons (Fsp3) is 0.150. The normalized spacial score (nSPS) is 9.43. The number of halogens is 1. The van der Waals surface area contributed by atoms with Crippen LogP contribution in [0.15, 0.2) is 57.6 Å². The van der Waals surface area contributed by atoms with E-state index in [1.807, 2.05) is 30.3 Å². The maximum atomic E-state index is 11.7. The second-order valence-electron chi connectivity index (χ2n) is 5.60. The predicted octanol–water partition coefficient (Wildman–Crippen LogP) is 0.565. The summed E-state index contributed by atoms with van der Waals surface area (Å²) in [7, 11) is 2.94. The summed E-state index contributed by atoms with van der Waals surface area (Å²) in [5.74, 6) is -0.401. The number of hydrogen-bond acceptors (Lipinski definition) is 7. The van der Waals surface area contributed by atoms with Gasteiger partial charge in [-0.15, -0.1) is 0 Å². The van der Waals surface area contributed by atoms with Crippen molar-refractivity contribution in [1.29, 1.82) is 0 Å². The zero-order chi connectivity index (χ0) is 19.4. The number of hydrogen-bond donors (Lipinski definition) is 0. The Hall–Kier alpha value is -2.46. The van der Waals surface area contributed by atoms with Gasteiger partial charge in [0.15, 0.2) is 28.3 Å². The second kappa shape index (κ2) is 12.3. The van der Waals surface area contributed by atoms with E-state index >= 15 is 0 Å². The number of carbonyl (C=O) groups excluding carboxylic acids is 2. The van der Waals surface area contributed by atoms with Crippen molar-refractivity contribution in [2.45, 2.75) is 6.92 Å². The van der Waals surface area contributed by atoms with E-state index in [1.165, 1.54) is 21.1 Å². The Bertz CT molecular complexity index is 1110. The van der Waals surface area contributed by atoms with Gasteiger partial charge in [-0.25, -0.2) is 5.06 Å². The van der Waals surface area contributed by atoms with E-state index in [0.29, 0.717) is 22.2 Å². The summed E-state index contributed by atoms with van der Waals surface area (Å²) in [6.07, 6.45) is 0. The molecule has 2 aromatic carbocycles. The Morgan fingerprint density at radius 1 is 0.900 bits per heavy atom. The fourth-order valence-corrected chi connectivity index (χ4v) is 2.41. The molecule has 0 saturated carbocycles. The molecule has 4 aromatic rings. The number of Topliss-reactive ketones (excluding diaryl/α,β-unsaturated/α-hetero) is 1. The molecule has 30 heavy (non-hydrogen) atoms. The first-order valence-corrected chi connectivity index (χ1v) is 8.05. The van der Waals surface area contributed by atoms with Crippen LogP contribution in [0.4, 0.5) is 0 Å². The van der Waals surface area contributed by atoms with Gasteiger partial charge < -0.3 is 28.9 Å². The number of carbonyl (C=O) groups is 2. The van der Waals surface area contributed by atoms with E-state index in [0.717, 1.165) is 10.4 Å². The number of amides is 1. The van der Waals surface area contributed by atoms with Gasteiger partial charge in [-0.05, 0) is 24.3 Å². The molecule has 2 aromatic heterocycles. The van der Waals surface area contributed by atoms with Crippen LogP contribution < -0.4 is 12.4 Å². The number of para-hydroxylation sites is 2. The molecule has 0 fully saturated rings. The van der Waals surface area contributed by atoms with Crippen molar-refractivity contribution in [3.05, 3.63) is 67.3 Å². The SMILES string of the molecule is CC(=O)c1noc2ccccc12.CON(C)C(=O)c1noc2ccccc12.[CH3-].[Cl-].[Mg+2]. The molecule has 0 radical (unpaired) electrons. The predicted molar refractivity (Wildman–Crippen MR) is 109 cm³/mol. The summed E-state index contributed by atoms with van der Waals surface area (Å²) in [5.41, 5.74) is 1.91. The summed E-state index contributed by atoms with van der Waals surface area (Å²) in [5, 5.41) is 9.96. The van der Waals surface area contributed by atoms with Crippen LogP contribution in [0.5, 0.6) is 0 Å². The molecule has 0 aliphatic heterocycles. The zero-order valence-electron chi connectivity index (χ0n) is 17.1. The molecule has 1 amide bonds. The summed E-state index contributed by atoms with van der Waals surface area (Å²) in [6, 6.07) is 14.5. The Kier molecular flexibility index (Phi) is 11.3. The molecule has 0 bridgehead atoms. The minimum Gasteiger partial charge on any atom is -1.00 e. The molecule has 4 rings (SSSR count). The van der Waals surface area contributed by atoms with Gasteiger partial charge >= 0.3 is 23.1 Å². The molecule has 154 valence electrons. The van der Waals surface area contributed by atoms with Crippen molar-refractivity contribution in [1.82, 2.24) is 15.4 Å². The number of aromatic nitrogens is 2. The van der Waals surface area contributed by atoms with Crippen molar-refractivity contribution in [2.75, 3.05) is 14.2 Å². The van der Waals surface area contributed by atoms with Crippen molar-refractivity contribution in [3.63, 3.8) is 0 Å². The van der Waals surface area contributed by atoms with E-state index < -0.39 is 0 Å². The summed E-state index contributed by atoms with van der Waals surface area (Å²) >= 11 is 0. The third kappa shape index (κ3) is 5.79. The molecule has 0 aliphatic rings. The van der Waals surface area contributed by atoms with Gasteiger partial charge in [0.05, 0.1) is 17.9 Å². The number of rotatable bonds is 3. The topological polar surface area (TPSA) is 98.7 Å². The van der Waals surface area contributed by atoms with Gasteiger partial charge in [0.1, 0.15) is 0 Å². The Morgan fingerprint density at radius 2 is 1.33 bits per heavy atom. The quantitative estimate of drug-likeness (QED) is 0.198. The first-order valence-electron chi connectivity index (χ1n) is 8.05. The standard InChI is InChI=1S/C10H10N2O3.C9H7NO2.CH3.ClH.Mg/c1-12(14-2)10(13)9-7-5-3-4-6-8(7)15-11-9;1-6(11)9-7-4-2-3-5-8(7)12-10-9;;;/h3-6H,1-2H3;2-5H,1H3;1H3;1H;/q;;-1;;+2/p-1. The molecule has 0 atom stereocenters. The van der Waals surface area contributed by atoms with Crippen LogP contribution in [0.2, 0.25) is 0 Å². The summed E-state index contributed by atoms with van der Waals surface area (Å²) in [4.78, 5) is 27.5. The van der Waals surface area contributed by atoms with Crippen LogP contribution in [-0.2, 0) is 4.84 Å². The second-order valence-corrected chi connectivity index (χ2v) is 5.60. The van der Waals surface area contributed by atoms with Crippen molar-refractivity contribution < 1.29 is 35.9 Å². The number of hydroxylamine groups is 2. The zero-order valence-corrected chi connectivity index (χ0v) is 19.3. The van der Waals surface area contributed by atoms with Gasteiger partial charge in [0.2, 0.25) is 0 Å². The first kappa shape index (κ1) is 27.5. The van der Waals surface area contributed by atoms with Gasteiger partial charge in [-0.2, -0.15) is 0 Å². The third-order valence-corrected chi connectivity index (χ3v) is 3.85. The van der Waals surface area contributed by atoms with Crippen LogP contribution in [0.25, 0.3) is 21.9 Å². The van der Waals surface area contributed by atoms with E-state index in [1.54, 1.807) is 18.2 Å². The minimum atomic E-state index is -0.331. The van der Waals surface area contributed by atoms with Crippen LogP contribution >= 0.6 is 0 Å². The van der Waals surface area contributed by atoms with Crippen molar-refractivity contribution >= 4 is 56.7 Å². The molecule has 0 spiro atoms. The number of benzene rings is 2. The van der Waals surface area contributed by atoms with Crippen LogP contribution in [-0.4, -0.2) is 64.3 Å². The van der Waals surface area contributed by atoms with Gasteiger partial charge in [-0.3, -0.25) is 14.4 Å². The average molecular weight is 442 g/mol. The monoisotopic (exact) mass is 441 g/mol. The molecule has 0 unspecified atom stereocenters. The van der Waals surface area contributed by atoms with E-state index in [2.05, 4.69) is 10.3 Å². The molecule has 2 heterocycles. The van der Waals surface area contributed by atoms with Gasteiger partial charge in [0.25, 0.3) is 5.91 Å². The Morgan fingerprint density at radius 3 is 1.80 bits per heavy atom. The largest absolute Gasteiger partial charge is 2.00 e. The van der Waals surface area contributed by atoms with Crippen LogP contribution in [0.3, 0.4) is 0 Å². The number of nitrogens with zero attached hydrogens (tertiary/aromatic N) is 3. The maximum absolute atomic E-state index is 11.7. The molecule has 0 aliphatic carbocycles. The van der Waals surface area contributed by atoms with Gasteiger partial charge in [0, 0.05) is 14.0 Å². The van der Waals surface area contributed by atoms with E-state index in [4.69, 9.17) is 13.9 Å². The Balaban J connectivity index is 0.000000519. The minimum absolute atomic E-state index is 0. The number of ketones is 1. The van der Waals surface area contributed by atoms with Crippen LogP contribution in [0, 0.1) is 7.43 Å². The molecule has 0 N–H and O–H groups in total. The molecular formula is C20H20ClMgN3O5. The van der Waals surface area contributed by atoms with Crippen LogP contribution in [0.1, 0.15) is 27.9 Å². The number of fused-ring (bicyclic) bond motifs is 2. The Labute approximate surface area is 196 Å². The van der Waals surface area contributed by atoms with Crippen molar-refractivity contribution in [3.8, 4) is 0 Å².